The summed E-state index contributed by atoms with van der Waals surface area (Å²) in [6, 6.07) is 5.49. The van der Waals surface area contributed by atoms with Crippen LogP contribution < -0.4 is 10.9 Å². The molecule has 3 N–H and O–H groups in total. The third-order valence-electron chi connectivity index (χ3n) is 2.37. The molecule has 2 rings (SSSR count). The van der Waals surface area contributed by atoms with Gasteiger partial charge >= 0.3 is 5.97 Å². The van der Waals surface area contributed by atoms with Crippen LogP contribution in [-0.2, 0) is 0 Å². The second kappa shape index (κ2) is 5.31. The summed E-state index contributed by atoms with van der Waals surface area (Å²) in [4.78, 5) is 33.2. The van der Waals surface area contributed by atoms with Gasteiger partial charge < -0.3 is 10.4 Å². The van der Waals surface area contributed by atoms with Crippen molar-refractivity contribution in [2.24, 2.45) is 0 Å². The monoisotopic (exact) mass is 277 g/mol. The number of halogens is 1. The molecule has 0 fully saturated rings. The van der Waals surface area contributed by atoms with Gasteiger partial charge in [0.25, 0.3) is 11.5 Å². The lowest BCUT2D eigenvalue weighted by molar-refractivity contribution is 0.0692. The van der Waals surface area contributed by atoms with Crippen LogP contribution in [0.2, 0.25) is 0 Å². The molecule has 7 nitrogen and oxygen atoms in total. The number of aromatic nitrogens is 2. The van der Waals surface area contributed by atoms with Gasteiger partial charge in [0, 0.05) is 11.8 Å². The van der Waals surface area contributed by atoms with Gasteiger partial charge in [-0.3, -0.25) is 9.59 Å². The number of hydrogen-bond donors (Lipinski definition) is 3. The van der Waals surface area contributed by atoms with Crippen LogP contribution in [-0.4, -0.2) is 27.2 Å². The highest BCUT2D eigenvalue weighted by Gasteiger charge is 2.13. The van der Waals surface area contributed by atoms with E-state index < -0.39 is 28.8 Å². The van der Waals surface area contributed by atoms with E-state index in [1.165, 1.54) is 12.1 Å². The Kier molecular flexibility index (Phi) is 3.56. The summed E-state index contributed by atoms with van der Waals surface area (Å²) in [6.45, 7) is 0. The smallest absolute Gasteiger partial charge is 0.338 e. The number of aromatic carboxylic acids is 1. The van der Waals surface area contributed by atoms with E-state index in [2.05, 4.69) is 15.5 Å². The topological polar surface area (TPSA) is 112 Å². The predicted molar refractivity (Wildman–Crippen MR) is 66.2 cm³/mol. The molecule has 0 saturated heterocycles. The minimum absolute atomic E-state index is 0.0627. The van der Waals surface area contributed by atoms with Gasteiger partial charge in [-0.15, -0.1) is 0 Å². The molecule has 0 bridgehead atoms. The lowest BCUT2D eigenvalue weighted by Gasteiger charge is -2.05. The van der Waals surface area contributed by atoms with Crippen LogP contribution in [0.4, 0.5) is 10.1 Å². The fourth-order valence-corrected chi connectivity index (χ4v) is 1.43. The first-order valence-corrected chi connectivity index (χ1v) is 5.37. The number of aromatic amines is 1. The van der Waals surface area contributed by atoms with Crippen LogP contribution in [0.5, 0.6) is 0 Å². The van der Waals surface area contributed by atoms with Crippen LogP contribution >= 0.6 is 0 Å². The maximum absolute atomic E-state index is 13.4. The zero-order valence-corrected chi connectivity index (χ0v) is 9.88. The maximum atomic E-state index is 13.4. The van der Waals surface area contributed by atoms with Gasteiger partial charge in [0.15, 0.2) is 0 Å². The molecular formula is C12H8FN3O4. The van der Waals surface area contributed by atoms with E-state index >= 15 is 0 Å². The zero-order valence-electron chi connectivity index (χ0n) is 9.88. The highest BCUT2D eigenvalue weighted by atomic mass is 19.1. The fraction of sp³-hybridized carbons (Fsp3) is 0. The molecule has 1 heterocycles. The van der Waals surface area contributed by atoms with Crippen LogP contribution in [0.3, 0.4) is 0 Å². The number of hydrogen-bond acceptors (Lipinski definition) is 4. The van der Waals surface area contributed by atoms with E-state index in [-0.39, 0.29) is 11.4 Å². The summed E-state index contributed by atoms with van der Waals surface area (Å²) in [6.07, 6.45) is 0. The molecule has 102 valence electrons. The average Bonchev–Trinajstić information content (AvgIpc) is 2.39. The molecule has 0 radical (unpaired) electrons. The molecule has 1 aromatic carbocycles. The molecule has 0 atom stereocenters. The Morgan fingerprint density at radius 3 is 2.55 bits per heavy atom. The summed E-state index contributed by atoms with van der Waals surface area (Å²) in [5.74, 6) is -3.03. The third kappa shape index (κ3) is 2.86. The van der Waals surface area contributed by atoms with Crippen molar-refractivity contribution >= 4 is 17.6 Å². The van der Waals surface area contributed by atoms with Crippen LogP contribution in [0.1, 0.15) is 20.8 Å². The summed E-state index contributed by atoms with van der Waals surface area (Å²) < 4.78 is 13.4. The molecule has 0 aliphatic rings. The van der Waals surface area contributed by atoms with Crippen LogP contribution in [0.15, 0.2) is 35.1 Å². The van der Waals surface area contributed by atoms with Gasteiger partial charge in [-0.05, 0) is 24.3 Å². The van der Waals surface area contributed by atoms with Gasteiger partial charge in [0.05, 0.1) is 5.56 Å². The molecule has 0 aliphatic heterocycles. The number of carboxylic acid groups (broad SMARTS) is 1. The Labute approximate surface area is 111 Å². The Hall–Kier alpha value is -3.03. The van der Waals surface area contributed by atoms with Crippen molar-refractivity contribution < 1.29 is 19.1 Å². The molecule has 20 heavy (non-hydrogen) atoms. The molecule has 0 spiro atoms. The molecule has 1 amide bonds. The highest BCUT2D eigenvalue weighted by Crippen LogP contribution is 2.15. The quantitative estimate of drug-likeness (QED) is 0.770. The Balaban J connectivity index is 2.20. The largest absolute Gasteiger partial charge is 0.478 e. The Morgan fingerprint density at radius 1 is 1.25 bits per heavy atom. The first-order valence-electron chi connectivity index (χ1n) is 5.37. The van der Waals surface area contributed by atoms with Gasteiger partial charge in [-0.25, -0.2) is 14.3 Å². The van der Waals surface area contributed by atoms with E-state index in [0.717, 1.165) is 18.2 Å². The molecule has 0 aliphatic carbocycles. The second-order valence-corrected chi connectivity index (χ2v) is 3.76. The minimum atomic E-state index is -1.40. The van der Waals surface area contributed by atoms with Crippen molar-refractivity contribution in [1.82, 2.24) is 10.2 Å². The van der Waals surface area contributed by atoms with E-state index in [1.54, 1.807) is 0 Å². The normalized spacial score (nSPS) is 10.1. The van der Waals surface area contributed by atoms with E-state index in [1.807, 2.05) is 0 Å². The van der Waals surface area contributed by atoms with Crippen molar-refractivity contribution in [3.05, 3.63) is 57.8 Å². The standard InChI is InChI=1S/C12H8FN3O4/c13-8-5-6(1-2-7(8)12(19)20)14-11(18)9-3-4-10(17)16-15-9/h1-5H,(H,14,18)(H,16,17)(H,19,20). The SMILES string of the molecule is O=C(Nc1ccc(C(=O)O)c(F)c1)c1ccc(=O)[nH]n1. The van der Waals surface area contributed by atoms with Crippen molar-refractivity contribution in [3.63, 3.8) is 0 Å². The molecular weight excluding hydrogens is 269 g/mol. The number of H-pyrrole nitrogens is 1. The van der Waals surface area contributed by atoms with Gasteiger partial charge in [-0.1, -0.05) is 0 Å². The first kappa shape index (κ1) is 13.4. The van der Waals surface area contributed by atoms with Crippen molar-refractivity contribution in [2.75, 3.05) is 5.32 Å². The summed E-state index contributed by atoms with van der Waals surface area (Å²) in [5, 5.41) is 16.6. The van der Waals surface area contributed by atoms with Crippen molar-refractivity contribution in [1.29, 1.82) is 0 Å². The molecule has 1 aromatic heterocycles. The number of rotatable bonds is 3. The molecule has 8 heteroatoms. The second-order valence-electron chi connectivity index (χ2n) is 3.76. The van der Waals surface area contributed by atoms with E-state index in [9.17, 15) is 18.8 Å². The average molecular weight is 277 g/mol. The zero-order chi connectivity index (χ0) is 14.7. The van der Waals surface area contributed by atoms with Gasteiger partial charge in [-0.2, -0.15) is 5.10 Å². The number of carbonyl (C=O) groups excluding carboxylic acids is 1. The van der Waals surface area contributed by atoms with Crippen LogP contribution in [0.25, 0.3) is 0 Å². The maximum Gasteiger partial charge on any atom is 0.338 e. The number of benzene rings is 1. The molecule has 0 saturated carbocycles. The van der Waals surface area contributed by atoms with Crippen LogP contribution in [0, 0.1) is 5.82 Å². The van der Waals surface area contributed by atoms with Crippen molar-refractivity contribution in [3.8, 4) is 0 Å². The number of carboxylic acids is 1. The molecule has 2 aromatic rings. The predicted octanol–water partition coefficient (Wildman–Crippen LogP) is 0.859. The number of amides is 1. The Morgan fingerprint density at radius 2 is 2.00 bits per heavy atom. The number of nitrogens with zero attached hydrogens (tertiary/aromatic N) is 1. The Bertz CT molecular complexity index is 721. The van der Waals surface area contributed by atoms with Gasteiger partial charge in [0.1, 0.15) is 11.5 Å². The summed E-state index contributed by atoms with van der Waals surface area (Å²) >= 11 is 0. The third-order valence-corrected chi connectivity index (χ3v) is 2.37. The van der Waals surface area contributed by atoms with Crippen molar-refractivity contribution in [2.45, 2.75) is 0 Å². The summed E-state index contributed by atoms with van der Waals surface area (Å²) in [7, 11) is 0. The minimum Gasteiger partial charge on any atom is -0.478 e. The van der Waals surface area contributed by atoms with E-state index in [4.69, 9.17) is 5.11 Å². The van der Waals surface area contributed by atoms with Gasteiger partial charge in [0.2, 0.25) is 0 Å². The first-order chi connectivity index (χ1) is 9.47. The number of nitrogens with one attached hydrogen (secondary N) is 2. The van der Waals surface area contributed by atoms with E-state index in [0.29, 0.717) is 0 Å². The lowest BCUT2D eigenvalue weighted by Crippen LogP contribution is -2.17. The molecule has 0 unspecified atom stereocenters. The fourth-order valence-electron chi connectivity index (χ4n) is 1.43. The number of carbonyl (C=O) groups is 2. The highest BCUT2D eigenvalue weighted by molar-refractivity contribution is 6.02. The summed E-state index contributed by atoms with van der Waals surface area (Å²) in [5.41, 5.74) is -0.943. The number of anilines is 1. The lowest BCUT2D eigenvalue weighted by atomic mass is 10.2.